The Morgan fingerprint density at radius 1 is 1.44 bits per heavy atom. The molecule has 1 aromatic rings. The molecule has 0 aromatic carbocycles. The molecule has 104 valence electrons. The van der Waals surface area contributed by atoms with Gasteiger partial charge in [0.15, 0.2) is 0 Å². The van der Waals surface area contributed by atoms with E-state index in [-0.39, 0.29) is 12.4 Å². The van der Waals surface area contributed by atoms with Gasteiger partial charge in [0.1, 0.15) is 0 Å². The van der Waals surface area contributed by atoms with E-state index in [2.05, 4.69) is 35.5 Å². The highest BCUT2D eigenvalue weighted by molar-refractivity contribution is 5.85. The Morgan fingerprint density at radius 2 is 2.28 bits per heavy atom. The number of hydrogen-bond acceptors (Lipinski definition) is 3. The molecule has 1 N–H and O–H groups in total. The van der Waals surface area contributed by atoms with Crippen molar-refractivity contribution in [3.8, 4) is 0 Å². The molecule has 0 radical (unpaired) electrons. The highest BCUT2D eigenvalue weighted by Gasteiger charge is 2.16. The van der Waals surface area contributed by atoms with Crippen LogP contribution >= 0.6 is 12.4 Å². The van der Waals surface area contributed by atoms with Crippen molar-refractivity contribution in [3.05, 3.63) is 18.0 Å². The molecule has 4 nitrogen and oxygen atoms in total. The topological polar surface area (TPSA) is 33.1 Å². The molecule has 5 heteroatoms. The quantitative estimate of drug-likeness (QED) is 0.906. The zero-order valence-corrected chi connectivity index (χ0v) is 12.2. The van der Waals surface area contributed by atoms with E-state index in [0.29, 0.717) is 0 Å². The second-order valence-corrected chi connectivity index (χ2v) is 5.10. The normalized spacial score (nSPS) is 20.5. The first kappa shape index (κ1) is 15.5. The van der Waals surface area contributed by atoms with Crippen LogP contribution in [0.25, 0.3) is 0 Å². The Balaban J connectivity index is 0.00000162. The van der Waals surface area contributed by atoms with Gasteiger partial charge in [-0.05, 0) is 51.9 Å². The van der Waals surface area contributed by atoms with Crippen molar-refractivity contribution < 1.29 is 0 Å². The predicted octanol–water partition coefficient (Wildman–Crippen LogP) is 1.69. The molecule has 0 spiro atoms. The van der Waals surface area contributed by atoms with E-state index in [1.54, 1.807) is 0 Å². The molecule has 2 rings (SSSR count). The van der Waals surface area contributed by atoms with Gasteiger partial charge in [-0.25, -0.2) is 0 Å². The summed E-state index contributed by atoms with van der Waals surface area (Å²) in [5.41, 5.74) is 1.24. The van der Waals surface area contributed by atoms with Crippen molar-refractivity contribution in [2.24, 2.45) is 0 Å². The molecule has 0 saturated carbocycles. The van der Waals surface area contributed by atoms with Crippen LogP contribution in [0, 0.1) is 6.92 Å². The number of nitrogens with one attached hydrogen (secondary N) is 1. The Morgan fingerprint density at radius 3 is 3.00 bits per heavy atom. The third kappa shape index (κ3) is 4.59. The average molecular weight is 273 g/mol. The first-order chi connectivity index (χ1) is 8.25. The SMILES string of the molecule is Cc1cnn(CCN(C)C2CCCNCC2)c1.Cl. The largest absolute Gasteiger partial charge is 0.317 e. The minimum atomic E-state index is 0. The zero-order chi connectivity index (χ0) is 12.1. The molecule has 1 unspecified atom stereocenters. The molecule has 18 heavy (non-hydrogen) atoms. The first-order valence-electron chi connectivity index (χ1n) is 6.66. The van der Waals surface area contributed by atoms with Crippen molar-refractivity contribution in [1.82, 2.24) is 20.0 Å². The molecular formula is C13H25ClN4. The van der Waals surface area contributed by atoms with Crippen LogP contribution in [0.2, 0.25) is 0 Å². The van der Waals surface area contributed by atoms with E-state index in [1.165, 1.54) is 31.4 Å². The van der Waals surface area contributed by atoms with E-state index >= 15 is 0 Å². The van der Waals surface area contributed by atoms with Gasteiger partial charge in [-0.3, -0.25) is 4.68 Å². The molecule has 0 amide bonds. The molecule has 1 aliphatic rings. The first-order valence-corrected chi connectivity index (χ1v) is 6.66. The van der Waals surface area contributed by atoms with Crippen molar-refractivity contribution in [2.45, 2.75) is 38.8 Å². The van der Waals surface area contributed by atoms with Gasteiger partial charge in [-0.2, -0.15) is 5.10 Å². The average Bonchev–Trinajstić information content (AvgIpc) is 2.58. The minimum Gasteiger partial charge on any atom is -0.317 e. The van der Waals surface area contributed by atoms with E-state index < -0.39 is 0 Å². The molecule has 0 bridgehead atoms. The number of likely N-dealkylation sites (N-methyl/N-ethyl adjacent to an activating group) is 1. The molecular weight excluding hydrogens is 248 g/mol. The summed E-state index contributed by atoms with van der Waals surface area (Å²) in [4.78, 5) is 2.49. The highest BCUT2D eigenvalue weighted by atomic mass is 35.5. The summed E-state index contributed by atoms with van der Waals surface area (Å²) in [7, 11) is 2.24. The molecule has 1 saturated heterocycles. The third-order valence-electron chi connectivity index (χ3n) is 3.61. The Kier molecular flexibility index (Phi) is 6.68. The van der Waals surface area contributed by atoms with Gasteiger partial charge in [0.25, 0.3) is 0 Å². The predicted molar refractivity (Wildman–Crippen MR) is 77.4 cm³/mol. The number of rotatable bonds is 4. The maximum atomic E-state index is 4.33. The maximum absolute atomic E-state index is 4.33. The van der Waals surface area contributed by atoms with Crippen molar-refractivity contribution in [3.63, 3.8) is 0 Å². The van der Waals surface area contributed by atoms with Crippen molar-refractivity contribution >= 4 is 12.4 Å². The number of halogens is 1. The van der Waals surface area contributed by atoms with E-state index in [1.807, 2.05) is 10.9 Å². The summed E-state index contributed by atoms with van der Waals surface area (Å²) >= 11 is 0. The van der Waals surface area contributed by atoms with Crippen LogP contribution in [-0.4, -0.2) is 47.4 Å². The fourth-order valence-corrected chi connectivity index (χ4v) is 2.47. The lowest BCUT2D eigenvalue weighted by molar-refractivity contribution is 0.214. The summed E-state index contributed by atoms with van der Waals surface area (Å²) in [6.45, 7) is 6.52. The van der Waals surface area contributed by atoms with Crippen LogP contribution in [-0.2, 0) is 6.54 Å². The van der Waals surface area contributed by atoms with Crippen LogP contribution in [0.15, 0.2) is 12.4 Å². The van der Waals surface area contributed by atoms with E-state index in [0.717, 1.165) is 25.7 Å². The van der Waals surface area contributed by atoms with Crippen LogP contribution in [0.3, 0.4) is 0 Å². The Labute approximate surface area is 116 Å². The van der Waals surface area contributed by atoms with Gasteiger partial charge in [-0.1, -0.05) is 0 Å². The van der Waals surface area contributed by atoms with Gasteiger partial charge in [0.2, 0.25) is 0 Å². The summed E-state index contributed by atoms with van der Waals surface area (Å²) in [6, 6.07) is 0.738. The third-order valence-corrected chi connectivity index (χ3v) is 3.61. The maximum Gasteiger partial charge on any atom is 0.0536 e. The van der Waals surface area contributed by atoms with Crippen molar-refractivity contribution in [2.75, 3.05) is 26.7 Å². The van der Waals surface area contributed by atoms with Gasteiger partial charge in [-0.15, -0.1) is 12.4 Å². The zero-order valence-electron chi connectivity index (χ0n) is 11.4. The molecule has 1 fully saturated rings. The molecule has 1 aliphatic heterocycles. The highest BCUT2D eigenvalue weighted by Crippen LogP contribution is 2.11. The number of aromatic nitrogens is 2. The summed E-state index contributed by atoms with van der Waals surface area (Å²) in [5.74, 6) is 0. The fraction of sp³-hybridized carbons (Fsp3) is 0.769. The second kappa shape index (κ2) is 7.77. The van der Waals surface area contributed by atoms with E-state index in [9.17, 15) is 0 Å². The fourth-order valence-electron chi connectivity index (χ4n) is 2.47. The Hall–Kier alpha value is -0.580. The van der Waals surface area contributed by atoms with Crippen LogP contribution in [0.1, 0.15) is 24.8 Å². The summed E-state index contributed by atoms with van der Waals surface area (Å²) in [5, 5.41) is 7.79. The number of hydrogen-bond donors (Lipinski definition) is 1. The van der Waals surface area contributed by atoms with Gasteiger partial charge < -0.3 is 10.2 Å². The molecule has 1 atom stereocenters. The van der Waals surface area contributed by atoms with Gasteiger partial charge >= 0.3 is 0 Å². The van der Waals surface area contributed by atoms with Gasteiger partial charge in [0.05, 0.1) is 12.7 Å². The molecule has 1 aromatic heterocycles. The molecule has 0 aliphatic carbocycles. The Bertz CT molecular complexity index is 331. The van der Waals surface area contributed by atoms with Crippen LogP contribution < -0.4 is 5.32 Å². The minimum absolute atomic E-state index is 0. The van der Waals surface area contributed by atoms with Crippen LogP contribution in [0.5, 0.6) is 0 Å². The van der Waals surface area contributed by atoms with E-state index in [4.69, 9.17) is 0 Å². The summed E-state index contributed by atoms with van der Waals surface area (Å²) in [6.07, 6.45) is 7.93. The van der Waals surface area contributed by atoms with Gasteiger partial charge in [0, 0.05) is 18.8 Å². The summed E-state index contributed by atoms with van der Waals surface area (Å²) < 4.78 is 2.04. The van der Waals surface area contributed by atoms with Crippen molar-refractivity contribution in [1.29, 1.82) is 0 Å². The van der Waals surface area contributed by atoms with Crippen LogP contribution in [0.4, 0.5) is 0 Å². The lowest BCUT2D eigenvalue weighted by Crippen LogP contribution is -2.35. The smallest absolute Gasteiger partial charge is 0.0536 e. The standard InChI is InChI=1S/C13H24N4.ClH/c1-12-10-15-17(11-12)9-8-16(2)13-4-3-6-14-7-5-13;/h10-11,13-14H,3-9H2,1-2H3;1H. The number of aryl methyl sites for hydroxylation is 1. The lowest BCUT2D eigenvalue weighted by Gasteiger charge is -2.26. The monoisotopic (exact) mass is 272 g/mol. The number of nitrogens with zero attached hydrogens (tertiary/aromatic N) is 3. The lowest BCUT2D eigenvalue weighted by atomic mass is 10.1. The molecule has 2 heterocycles. The second-order valence-electron chi connectivity index (χ2n) is 5.10.